The van der Waals surface area contributed by atoms with Crippen LogP contribution in [0.15, 0.2) is 131 Å². The molecule has 0 aliphatic carbocycles. The average molecular weight is 822 g/mol. The summed E-state index contributed by atoms with van der Waals surface area (Å²) < 4.78 is 0. The molecule has 6 aromatic rings. The first kappa shape index (κ1) is 41.8. The molecule has 0 spiro atoms. The molecule has 4 heterocycles. The lowest BCUT2D eigenvalue weighted by molar-refractivity contribution is 0.145. The van der Waals surface area contributed by atoms with Gasteiger partial charge in [0, 0.05) is 70.6 Å². The summed E-state index contributed by atoms with van der Waals surface area (Å²) in [5, 5.41) is 23.0. The maximum atomic E-state index is 9.83. The molecule has 0 saturated carbocycles. The Hall–Kier alpha value is -4.85. The highest BCUT2D eigenvalue weighted by Crippen LogP contribution is 2.28. The van der Waals surface area contributed by atoms with Gasteiger partial charge in [-0.2, -0.15) is 4.98 Å². The lowest BCUT2D eigenvalue weighted by atomic mass is 10.1. The minimum atomic E-state index is -0.209. The third-order valence-corrected chi connectivity index (χ3v) is 11.2. The van der Waals surface area contributed by atoms with Gasteiger partial charge in [0.05, 0.1) is 23.6 Å². The van der Waals surface area contributed by atoms with Crippen molar-refractivity contribution in [2.24, 2.45) is 0 Å². The zero-order chi connectivity index (χ0) is 40.0. The fourth-order valence-electron chi connectivity index (χ4n) is 6.33. The van der Waals surface area contributed by atoms with Crippen LogP contribution < -0.4 is 20.9 Å². The van der Waals surface area contributed by atoms with Gasteiger partial charge >= 0.3 is 0 Å². The Morgan fingerprint density at radius 2 is 1.04 bits per heavy atom. The van der Waals surface area contributed by atoms with E-state index in [0.717, 1.165) is 97.4 Å². The Balaban J connectivity index is 0.000000164. The van der Waals surface area contributed by atoms with Crippen molar-refractivity contribution in [3.8, 4) is 22.5 Å². The summed E-state index contributed by atoms with van der Waals surface area (Å²) in [5.41, 5.74) is 11.1. The minimum absolute atomic E-state index is 0.197. The first-order chi connectivity index (χ1) is 27.8. The summed E-state index contributed by atoms with van der Waals surface area (Å²) in [7, 11) is 0. The molecule has 57 heavy (non-hydrogen) atoms. The molecule has 0 amide bonds. The summed E-state index contributed by atoms with van der Waals surface area (Å²) in [4.78, 5) is 25.0. The van der Waals surface area contributed by atoms with Crippen molar-refractivity contribution < 1.29 is 10.2 Å². The van der Waals surface area contributed by atoms with Crippen molar-refractivity contribution in [1.82, 2.24) is 19.9 Å². The van der Waals surface area contributed by atoms with Crippen LogP contribution in [-0.2, 0) is 0 Å². The Kier molecular flexibility index (Phi) is 15.4. The molecule has 0 unspecified atom stereocenters. The number of aliphatic hydroxyl groups excluding tert-OH is 2. The first-order valence-corrected chi connectivity index (χ1v) is 21.8. The summed E-state index contributed by atoms with van der Waals surface area (Å²) in [6.07, 6.45) is 6.77. The van der Waals surface area contributed by atoms with E-state index < -0.39 is 0 Å². The Bertz CT molecular complexity index is 2120. The van der Waals surface area contributed by atoms with Gasteiger partial charge in [-0.15, -0.1) is 23.5 Å². The zero-order valence-electron chi connectivity index (χ0n) is 32.2. The maximum Gasteiger partial charge on any atom is 0.229 e. The number of thioether (sulfide) groups is 2. The van der Waals surface area contributed by atoms with Crippen LogP contribution in [0.5, 0.6) is 0 Å². The normalized spacial score (nSPS) is 14.5. The molecular formula is C44H49ClN8O2S2. The third-order valence-electron chi connectivity index (χ3n) is 9.58. The molecule has 5 N–H and O–H groups in total. The van der Waals surface area contributed by atoms with Crippen LogP contribution in [0.3, 0.4) is 0 Å². The van der Waals surface area contributed by atoms with E-state index in [2.05, 4.69) is 55.6 Å². The summed E-state index contributed by atoms with van der Waals surface area (Å²) >= 11 is 9.49. The molecule has 2 aliphatic rings. The van der Waals surface area contributed by atoms with E-state index in [-0.39, 0.29) is 17.5 Å². The molecule has 2 fully saturated rings. The first-order valence-electron chi connectivity index (χ1n) is 19.0. The molecule has 2 aromatic heterocycles. The quantitative estimate of drug-likeness (QED) is 0.0662. The van der Waals surface area contributed by atoms with E-state index in [1.807, 2.05) is 103 Å². The number of piperidine rings is 2. The fraction of sp³-hybridized carbons (Fsp3) is 0.273. The second kappa shape index (κ2) is 21.1. The summed E-state index contributed by atoms with van der Waals surface area (Å²) in [5.74, 6) is 2.30. The minimum Gasteiger partial charge on any atom is -0.399 e. The molecule has 0 bridgehead atoms. The van der Waals surface area contributed by atoms with Crippen LogP contribution in [0.25, 0.3) is 22.5 Å². The van der Waals surface area contributed by atoms with Gasteiger partial charge in [-0.1, -0.05) is 60.7 Å². The van der Waals surface area contributed by atoms with Crippen molar-refractivity contribution in [2.75, 3.05) is 59.5 Å². The van der Waals surface area contributed by atoms with Crippen LogP contribution in [0.1, 0.15) is 25.7 Å². The molecule has 0 radical (unpaired) electrons. The van der Waals surface area contributed by atoms with E-state index in [1.165, 1.54) is 9.79 Å². The van der Waals surface area contributed by atoms with Gasteiger partial charge in [0.1, 0.15) is 11.6 Å². The van der Waals surface area contributed by atoms with Crippen LogP contribution >= 0.6 is 35.1 Å². The second-order valence-corrected chi connectivity index (χ2v) is 15.7. The molecule has 0 atom stereocenters. The van der Waals surface area contributed by atoms with Crippen molar-refractivity contribution in [2.45, 2.75) is 47.7 Å². The van der Waals surface area contributed by atoms with E-state index in [0.29, 0.717) is 5.95 Å². The van der Waals surface area contributed by atoms with Gasteiger partial charge in [0.15, 0.2) is 0 Å². The van der Waals surface area contributed by atoms with Crippen LogP contribution in [0.2, 0.25) is 5.28 Å². The highest BCUT2D eigenvalue weighted by Gasteiger charge is 2.21. The van der Waals surface area contributed by atoms with Gasteiger partial charge in [0.25, 0.3) is 0 Å². The van der Waals surface area contributed by atoms with Gasteiger partial charge in [-0.3, -0.25) is 0 Å². The number of nitrogens with one attached hydrogen (secondary N) is 1. The fourth-order valence-corrected chi connectivity index (χ4v) is 7.33. The number of hydrogen-bond acceptors (Lipinski definition) is 12. The Morgan fingerprint density at radius 3 is 1.51 bits per heavy atom. The Morgan fingerprint density at radius 1 is 0.596 bits per heavy atom. The number of rotatable bonds is 8. The van der Waals surface area contributed by atoms with Crippen molar-refractivity contribution >= 4 is 64.1 Å². The lowest BCUT2D eigenvalue weighted by Gasteiger charge is -2.30. The zero-order valence-corrected chi connectivity index (χ0v) is 34.6. The van der Waals surface area contributed by atoms with E-state index in [1.54, 1.807) is 23.5 Å². The number of anilines is 5. The molecular weight excluding hydrogens is 772 g/mol. The lowest BCUT2D eigenvalue weighted by Crippen LogP contribution is -2.36. The van der Waals surface area contributed by atoms with Crippen LogP contribution in [-0.4, -0.2) is 81.0 Å². The topological polar surface area (TPSA) is 137 Å². The van der Waals surface area contributed by atoms with Crippen molar-refractivity contribution in [3.05, 3.63) is 127 Å². The Labute approximate surface area is 349 Å². The molecule has 2 saturated heterocycles. The number of nitrogens with two attached hydrogens (primary N) is 1. The molecule has 8 rings (SSSR count). The number of aliphatic hydroxyl groups is 2. The SMILES string of the molecule is CSc1ccc(N)cc1.CSc1ccc(Nc2nc(-c3ccccc3)cc(N3CCC(O)CC3)n2)cc1.OC1CCN(c2cc(-c3ccccc3)nc(Cl)n2)CC1. The van der Waals surface area contributed by atoms with Gasteiger partial charge in [-0.05, 0) is 98.3 Å². The monoisotopic (exact) mass is 820 g/mol. The highest BCUT2D eigenvalue weighted by molar-refractivity contribution is 7.98. The van der Waals surface area contributed by atoms with Crippen molar-refractivity contribution in [1.29, 1.82) is 0 Å². The molecule has 296 valence electrons. The molecule has 2 aliphatic heterocycles. The standard InChI is InChI=1S/C22H24N4OS.C15H16ClN3O.C7H9NS/c1-28-19-9-7-17(8-10-19)23-22-24-20(16-5-3-2-4-6-16)15-21(25-22)26-13-11-18(27)12-14-26;16-15-17-13(11-4-2-1-3-5-11)10-14(18-15)19-8-6-12(20)7-9-19;1-9-7-4-2-6(8)3-5-7/h2-10,15,18,27H,11-14H2,1H3,(H,23,24,25);1-5,10,12,20H,6-9H2;2-5H,8H2,1H3. The number of nitrogen functional groups attached to an aromatic ring is 1. The predicted octanol–water partition coefficient (Wildman–Crippen LogP) is 9.32. The summed E-state index contributed by atoms with van der Waals surface area (Å²) in [6, 6.07) is 40.2. The third kappa shape index (κ3) is 12.6. The molecule has 13 heteroatoms. The van der Waals surface area contributed by atoms with Crippen LogP contribution in [0.4, 0.5) is 29.0 Å². The van der Waals surface area contributed by atoms with E-state index >= 15 is 0 Å². The van der Waals surface area contributed by atoms with Crippen molar-refractivity contribution in [3.63, 3.8) is 0 Å². The average Bonchev–Trinajstić information content (AvgIpc) is 3.25. The summed E-state index contributed by atoms with van der Waals surface area (Å²) in [6.45, 7) is 3.19. The number of benzene rings is 4. The number of nitrogens with zero attached hydrogens (tertiary/aromatic N) is 6. The van der Waals surface area contributed by atoms with Crippen LogP contribution in [0, 0.1) is 0 Å². The smallest absolute Gasteiger partial charge is 0.229 e. The van der Waals surface area contributed by atoms with Gasteiger partial charge in [0.2, 0.25) is 11.2 Å². The number of halogens is 1. The van der Waals surface area contributed by atoms with Gasteiger partial charge < -0.3 is 31.1 Å². The highest BCUT2D eigenvalue weighted by atomic mass is 35.5. The number of hydrogen-bond donors (Lipinski definition) is 4. The van der Waals surface area contributed by atoms with E-state index in [9.17, 15) is 10.2 Å². The van der Waals surface area contributed by atoms with E-state index in [4.69, 9.17) is 27.3 Å². The molecule has 4 aromatic carbocycles. The largest absolute Gasteiger partial charge is 0.399 e. The maximum absolute atomic E-state index is 9.83. The molecule has 10 nitrogen and oxygen atoms in total. The number of aromatic nitrogens is 4. The van der Waals surface area contributed by atoms with Gasteiger partial charge in [-0.25, -0.2) is 15.0 Å². The predicted molar refractivity (Wildman–Crippen MR) is 239 cm³/mol. The second-order valence-electron chi connectivity index (χ2n) is 13.6.